The average molecular weight is 340 g/mol. The van der Waals surface area contributed by atoms with Crippen molar-refractivity contribution in [3.05, 3.63) is 29.8 Å². The monoisotopic (exact) mass is 340 g/mol. The number of rotatable bonds is 4. The minimum absolute atomic E-state index is 0.0751. The molecule has 2 aliphatic heterocycles. The molecular formula is C16H18F2N2O4. The predicted octanol–water partition coefficient (Wildman–Crippen LogP) is 1.47. The number of halogens is 2. The molecule has 0 aromatic heterocycles. The molecule has 1 aromatic rings. The van der Waals surface area contributed by atoms with Crippen LogP contribution in [0.3, 0.4) is 0 Å². The lowest BCUT2D eigenvalue weighted by molar-refractivity contribution is -0.141. The van der Waals surface area contributed by atoms with Crippen LogP contribution in [-0.4, -0.2) is 49.1 Å². The Morgan fingerprint density at radius 3 is 2.71 bits per heavy atom. The second kappa shape index (κ2) is 7.12. The number of morpholine rings is 1. The smallest absolute Gasteiger partial charge is 0.387 e. The quantitative estimate of drug-likeness (QED) is 0.901. The van der Waals surface area contributed by atoms with Gasteiger partial charge in [0.05, 0.1) is 13.2 Å². The van der Waals surface area contributed by atoms with Crippen LogP contribution in [0, 0.1) is 0 Å². The molecule has 0 spiro atoms. The molecule has 1 N–H and O–H groups in total. The summed E-state index contributed by atoms with van der Waals surface area (Å²) < 4.78 is 34.3. The van der Waals surface area contributed by atoms with Gasteiger partial charge in [0.25, 0.3) is 0 Å². The van der Waals surface area contributed by atoms with E-state index in [4.69, 9.17) is 4.74 Å². The van der Waals surface area contributed by atoms with Crippen molar-refractivity contribution in [2.24, 2.45) is 0 Å². The number of carbonyl (C=O) groups is 2. The Morgan fingerprint density at radius 1 is 1.33 bits per heavy atom. The van der Waals surface area contributed by atoms with E-state index in [0.29, 0.717) is 32.5 Å². The maximum atomic E-state index is 12.5. The third kappa shape index (κ3) is 3.81. The Morgan fingerprint density at radius 2 is 2.08 bits per heavy atom. The summed E-state index contributed by atoms with van der Waals surface area (Å²) in [6.45, 7) is -1.66. The molecule has 2 atom stereocenters. The first-order chi connectivity index (χ1) is 11.5. The molecule has 1 unspecified atom stereocenters. The maximum absolute atomic E-state index is 12.5. The molecule has 0 radical (unpaired) electrons. The first-order valence-electron chi connectivity index (χ1n) is 7.77. The van der Waals surface area contributed by atoms with Gasteiger partial charge in [-0.25, -0.2) is 0 Å². The number of alkyl halides is 2. The summed E-state index contributed by atoms with van der Waals surface area (Å²) in [7, 11) is 0. The van der Waals surface area contributed by atoms with Crippen molar-refractivity contribution in [1.29, 1.82) is 0 Å². The third-order valence-corrected chi connectivity index (χ3v) is 4.15. The molecule has 2 amide bonds. The van der Waals surface area contributed by atoms with Crippen molar-refractivity contribution >= 4 is 11.8 Å². The molecule has 1 aromatic carbocycles. The fourth-order valence-corrected chi connectivity index (χ4v) is 2.93. The summed E-state index contributed by atoms with van der Waals surface area (Å²) in [5.41, 5.74) is 0.782. The van der Waals surface area contributed by atoms with Crippen molar-refractivity contribution in [3.63, 3.8) is 0 Å². The largest absolute Gasteiger partial charge is 0.435 e. The molecule has 0 saturated carbocycles. The number of carbonyl (C=O) groups excluding carboxylic acids is 2. The van der Waals surface area contributed by atoms with Gasteiger partial charge in [-0.2, -0.15) is 8.78 Å². The summed E-state index contributed by atoms with van der Waals surface area (Å²) in [6.07, 6.45) is 0.551. The molecular weight excluding hydrogens is 322 g/mol. The van der Waals surface area contributed by atoms with Crippen LogP contribution in [-0.2, 0) is 14.3 Å². The number of benzene rings is 1. The maximum Gasteiger partial charge on any atom is 0.387 e. The molecule has 3 rings (SSSR count). The summed E-state index contributed by atoms with van der Waals surface area (Å²) in [5, 5.41) is 2.67. The van der Waals surface area contributed by atoms with Gasteiger partial charge in [-0.15, -0.1) is 0 Å². The Hall–Kier alpha value is -2.22. The topological polar surface area (TPSA) is 67.9 Å². The lowest BCUT2D eigenvalue weighted by atomic mass is 10.1. The molecule has 2 saturated heterocycles. The Kier molecular flexibility index (Phi) is 4.94. The highest BCUT2D eigenvalue weighted by atomic mass is 19.3. The van der Waals surface area contributed by atoms with E-state index in [1.54, 1.807) is 17.0 Å². The molecule has 2 fully saturated rings. The Balaban J connectivity index is 1.62. The van der Waals surface area contributed by atoms with Crippen LogP contribution >= 0.6 is 0 Å². The highest BCUT2D eigenvalue weighted by Gasteiger charge is 2.33. The van der Waals surface area contributed by atoms with Crippen molar-refractivity contribution in [3.8, 4) is 5.75 Å². The van der Waals surface area contributed by atoms with Gasteiger partial charge in [0, 0.05) is 13.0 Å². The zero-order valence-corrected chi connectivity index (χ0v) is 12.9. The SMILES string of the molecule is O=C1CC[C@H](C(=O)N2CCOC(c3ccc(OC(F)F)cc3)C2)N1. The van der Waals surface area contributed by atoms with Crippen molar-refractivity contribution in [1.82, 2.24) is 10.2 Å². The first-order valence-corrected chi connectivity index (χ1v) is 7.77. The van der Waals surface area contributed by atoms with Crippen LogP contribution in [0.2, 0.25) is 0 Å². The molecule has 0 bridgehead atoms. The normalized spacial score (nSPS) is 24.1. The van der Waals surface area contributed by atoms with Gasteiger partial charge in [0.15, 0.2) is 0 Å². The average Bonchev–Trinajstić information content (AvgIpc) is 3.01. The molecule has 2 aliphatic rings. The second-order valence-electron chi connectivity index (χ2n) is 5.75. The molecule has 130 valence electrons. The van der Waals surface area contributed by atoms with Crippen LogP contribution in [0.5, 0.6) is 5.75 Å². The van der Waals surface area contributed by atoms with E-state index in [1.807, 2.05) is 0 Å². The summed E-state index contributed by atoms with van der Waals surface area (Å²) in [5.74, 6) is -0.134. The first kappa shape index (κ1) is 16.6. The number of nitrogens with one attached hydrogen (secondary N) is 1. The lowest BCUT2D eigenvalue weighted by Gasteiger charge is -2.34. The van der Waals surface area contributed by atoms with Crippen molar-refractivity contribution < 1.29 is 27.8 Å². The Labute approximate surface area is 137 Å². The van der Waals surface area contributed by atoms with Crippen LogP contribution in [0.15, 0.2) is 24.3 Å². The lowest BCUT2D eigenvalue weighted by Crippen LogP contribution is -2.49. The van der Waals surface area contributed by atoms with Gasteiger partial charge in [-0.3, -0.25) is 9.59 Å². The zero-order valence-electron chi connectivity index (χ0n) is 12.9. The predicted molar refractivity (Wildman–Crippen MR) is 79.5 cm³/mol. The highest BCUT2D eigenvalue weighted by Crippen LogP contribution is 2.25. The zero-order chi connectivity index (χ0) is 17.1. The van der Waals surface area contributed by atoms with Crippen LogP contribution < -0.4 is 10.1 Å². The molecule has 6 nitrogen and oxygen atoms in total. The number of hydrogen-bond donors (Lipinski definition) is 1. The molecule has 8 heteroatoms. The minimum Gasteiger partial charge on any atom is -0.435 e. The van der Waals surface area contributed by atoms with Crippen molar-refractivity contribution in [2.45, 2.75) is 31.6 Å². The van der Waals surface area contributed by atoms with Crippen LogP contribution in [0.4, 0.5) is 8.78 Å². The molecule has 2 heterocycles. The second-order valence-corrected chi connectivity index (χ2v) is 5.75. The van der Waals surface area contributed by atoms with Crippen molar-refractivity contribution in [2.75, 3.05) is 19.7 Å². The number of hydrogen-bond acceptors (Lipinski definition) is 4. The van der Waals surface area contributed by atoms with E-state index in [2.05, 4.69) is 10.1 Å². The van der Waals surface area contributed by atoms with Gasteiger partial charge in [0.2, 0.25) is 11.8 Å². The van der Waals surface area contributed by atoms with E-state index in [9.17, 15) is 18.4 Å². The molecule has 24 heavy (non-hydrogen) atoms. The van der Waals surface area contributed by atoms with E-state index in [1.165, 1.54) is 12.1 Å². The molecule has 0 aliphatic carbocycles. The van der Waals surface area contributed by atoms with E-state index >= 15 is 0 Å². The fraction of sp³-hybridized carbons (Fsp3) is 0.500. The summed E-state index contributed by atoms with van der Waals surface area (Å²) >= 11 is 0. The highest BCUT2D eigenvalue weighted by molar-refractivity contribution is 5.90. The number of nitrogens with zero attached hydrogens (tertiary/aromatic N) is 1. The van der Waals surface area contributed by atoms with Gasteiger partial charge < -0.3 is 19.7 Å². The minimum atomic E-state index is -2.86. The van der Waals surface area contributed by atoms with Crippen LogP contribution in [0.25, 0.3) is 0 Å². The number of ether oxygens (including phenoxy) is 2. The van der Waals surface area contributed by atoms with Gasteiger partial charge in [0.1, 0.15) is 17.9 Å². The fourth-order valence-electron chi connectivity index (χ4n) is 2.93. The van der Waals surface area contributed by atoms with E-state index in [-0.39, 0.29) is 23.7 Å². The number of amides is 2. The van der Waals surface area contributed by atoms with E-state index < -0.39 is 12.7 Å². The van der Waals surface area contributed by atoms with Gasteiger partial charge in [-0.1, -0.05) is 12.1 Å². The summed E-state index contributed by atoms with van der Waals surface area (Å²) in [6, 6.07) is 5.73. The van der Waals surface area contributed by atoms with Crippen LogP contribution in [0.1, 0.15) is 24.5 Å². The van der Waals surface area contributed by atoms with Gasteiger partial charge >= 0.3 is 6.61 Å². The summed E-state index contributed by atoms with van der Waals surface area (Å²) in [4.78, 5) is 25.4. The van der Waals surface area contributed by atoms with E-state index in [0.717, 1.165) is 5.56 Å². The Bertz CT molecular complexity index is 609. The third-order valence-electron chi connectivity index (χ3n) is 4.15. The standard InChI is InChI=1S/C16H18F2N2O4/c17-16(18)24-11-3-1-10(2-4-11)13-9-20(7-8-23-13)15(22)12-5-6-14(21)19-12/h1-4,12-13,16H,5-9H2,(H,19,21)/t12-,13?/m1/s1. The van der Waals surface area contributed by atoms with Gasteiger partial charge in [-0.05, 0) is 24.1 Å².